The van der Waals surface area contributed by atoms with E-state index in [0.29, 0.717) is 29.9 Å². The number of amides is 3. The molecule has 0 unspecified atom stereocenters. The molecular weight excluding hydrogens is 384 g/mol. The monoisotopic (exact) mass is 405 g/mol. The molecule has 3 rings (SSSR count). The summed E-state index contributed by atoms with van der Waals surface area (Å²) in [5.41, 5.74) is 1.66. The summed E-state index contributed by atoms with van der Waals surface area (Å²) in [6, 6.07) is 11.2. The van der Waals surface area contributed by atoms with E-state index >= 15 is 0 Å². The van der Waals surface area contributed by atoms with Crippen molar-refractivity contribution in [3.8, 4) is 11.5 Å². The summed E-state index contributed by atoms with van der Waals surface area (Å²) in [7, 11) is 2.96. The van der Waals surface area contributed by atoms with Crippen LogP contribution in [0.1, 0.15) is 15.9 Å². The largest absolute Gasteiger partial charge is 0.493 e. The van der Waals surface area contributed by atoms with Gasteiger partial charge in [0.25, 0.3) is 5.91 Å². The second kappa shape index (κ2) is 8.76. The molecule has 0 spiro atoms. The molecule has 3 amide bonds. The van der Waals surface area contributed by atoms with E-state index in [-0.39, 0.29) is 30.0 Å². The van der Waals surface area contributed by atoms with Crippen LogP contribution in [0.25, 0.3) is 0 Å². The highest BCUT2D eigenvalue weighted by molar-refractivity contribution is 5.98. The van der Waals surface area contributed by atoms with Gasteiger partial charge in [-0.2, -0.15) is 8.78 Å². The van der Waals surface area contributed by atoms with Crippen LogP contribution in [0.15, 0.2) is 42.5 Å². The number of anilines is 1. The van der Waals surface area contributed by atoms with Gasteiger partial charge in [0.1, 0.15) is 0 Å². The van der Waals surface area contributed by atoms with Gasteiger partial charge in [-0.1, -0.05) is 12.1 Å². The molecule has 29 heavy (non-hydrogen) atoms. The van der Waals surface area contributed by atoms with Crippen LogP contribution in [0.5, 0.6) is 11.5 Å². The highest BCUT2D eigenvalue weighted by Gasteiger charge is 2.22. The van der Waals surface area contributed by atoms with Crippen molar-refractivity contribution < 1.29 is 27.8 Å². The van der Waals surface area contributed by atoms with Gasteiger partial charge in [-0.25, -0.2) is 4.79 Å². The van der Waals surface area contributed by atoms with Gasteiger partial charge in [0.05, 0.1) is 7.11 Å². The fraction of sp³-hybridized carbons (Fsp3) is 0.300. The van der Waals surface area contributed by atoms with Gasteiger partial charge in [-0.15, -0.1) is 0 Å². The van der Waals surface area contributed by atoms with Gasteiger partial charge in [-0.05, 0) is 35.9 Å². The first-order valence-corrected chi connectivity index (χ1v) is 8.91. The number of rotatable bonds is 7. The van der Waals surface area contributed by atoms with Crippen LogP contribution < -0.4 is 19.7 Å². The molecule has 2 aromatic carbocycles. The van der Waals surface area contributed by atoms with E-state index in [0.717, 1.165) is 0 Å². The Kier molecular flexibility index (Phi) is 6.16. The maximum Gasteiger partial charge on any atom is 0.387 e. The molecule has 1 aliphatic rings. The van der Waals surface area contributed by atoms with Gasteiger partial charge >= 0.3 is 12.6 Å². The first kappa shape index (κ1) is 20.4. The quantitative estimate of drug-likeness (QED) is 0.769. The van der Waals surface area contributed by atoms with E-state index in [4.69, 9.17) is 4.74 Å². The molecule has 1 aliphatic heterocycles. The molecule has 0 saturated carbocycles. The second-order valence-electron chi connectivity index (χ2n) is 6.46. The maximum atomic E-state index is 12.8. The maximum absolute atomic E-state index is 12.8. The Morgan fingerprint density at radius 2 is 2.03 bits per heavy atom. The lowest BCUT2D eigenvalue weighted by Gasteiger charge is -2.20. The first-order valence-electron chi connectivity index (χ1n) is 8.91. The van der Waals surface area contributed by atoms with E-state index in [9.17, 15) is 18.4 Å². The smallest absolute Gasteiger partial charge is 0.387 e. The van der Waals surface area contributed by atoms with Crippen molar-refractivity contribution in [1.82, 2.24) is 10.2 Å². The fourth-order valence-corrected chi connectivity index (χ4v) is 3.10. The lowest BCUT2D eigenvalue weighted by atomic mass is 10.1. The number of hydrogen-bond donors (Lipinski definition) is 1. The lowest BCUT2D eigenvalue weighted by Crippen LogP contribution is -2.29. The number of benzene rings is 2. The Balaban J connectivity index is 1.75. The topological polar surface area (TPSA) is 71.1 Å². The third-order valence-electron chi connectivity index (χ3n) is 4.47. The van der Waals surface area contributed by atoms with Crippen LogP contribution in [0.2, 0.25) is 0 Å². The molecule has 154 valence electrons. The van der Waals surface area contributed by atoms with Crippen LogP contribution in [0, 0.1) is 0 Å². The number of alkyl halides is 2. The van der Waals surface area contributed by atoms with Gasteiger partial charge < -0.3 is 19.7 Å². The molecule has 1 fully saturated rings. The molecule has 0 bridgehead atoms. The minimum Gasteiger partial charge on any atom is -0.493 e. The SMILES string of the molecule is COc1ccc(CN(C)C(=O)c2cccc(N3CCNC3=O)c2)cc1OC(F)F. The fourth-order valence-electron chi connectivity index (χ4n) is 3.10. The summed E-state index contributed by atoms with van der Waals surface area (Å²) in [5.74, 6) is -0.180. The Labute approximate surface area is 166 Å². The molecule has 7 nitrogen and oxygen atoms in total. The number of carbonyl (C=O) groups excluding carboxylic acids is 2. The average molecular weight is 405 g/mol. The molecule has 0 aromatic heterocycles. The highest BCUT2D eigenvalue weighted by atomic mass is 19.3. The molecule has 2 aromatic rings. The third kappa shape index (κ3) is 4.74. The minimum absolute atomic E-state index is 0.0945. The van der Waals surface area contributed by atoms with E-state index in [1.165, 1.54) is 24.1 Å². The van der Waals surface area contributed by atoms with Crippen LogP contribution in [0.3, 0.4) is 0 Å². The number of ether oxygens (including phenoxy) is 2. The predicted molar refractivity (Wildman–Crippen MR) is 103 cm³/mol. The Bertz CT molecular complexity index is 907. The average Bonchev–Trinajstić information content (AvgIpc) is 3.13. The van der Waals surface area contributed by atoms with E-state index < -0.39 is 6.61 Å². The molecule has 0 atom stereocenters. The molecule has 0 radical (unpaired) electrons. The van der Waals surface area contributed by atoms with Crippen molar-refractivity contribution in [2.24, 2.45) is 0 Å². The van der Waals surface area contributed by atoms with E-state index in [1.807, 2.05) is 0 Å². The molecule has 1 N–H and O–H groups in total. The standard InChI is InChI=1S/C20H21F2N3O4/c1-24(12-13-6-7-16(28-2)17(10-13)29-19(21)22)18(26)14-4-3-5-15(11-14)25-9-8-23-20(25)27/h3-7,10-11,19H,8-9,12H2,1-2H3,(H,23,27). The van der Waals surface area contributed by atoms with Crippen molar-refractivity contribution in [2.75, 3.05) is 32.1 Å². The molecule has 0 aliphatic carbocycles. The Hall–Kier alpha value is -3.36. The van der Waals surface area contributed by atoms with Crippen LogP contribution in [-0.2, 0) is 6.54 Å². The van der Waals surface area contributed by atoms with Gasteiger partial charge in [-0.3, -0.25) is 9.69 Å². The minimum atomic E-state index is -2.98. The van der Waals surface area contributed by atoms with Crippen molar-refractivity contribution in [1.29, 1.82) is 0 Å². The predicted octanol–water partition coefficient (Wildman–Crippen LogP) is 3.10. The van der Waals surface area contributed by atoms with Gasteiger partial charge in [0.15, 0.2) is 11.5 Å². The number of urea groups is 1. The first-order chi connectivity index (χ1) is 13.9. The Morgan fingerprint density at radius 1 is 1.24 bits per heavy atom. The van der Waals surface area contributed by atoms with E-state index in [2.05, 4.69) is 10.1 Å². The number of carbonyl (C=O) groups is 2. The van der Waals surface area contributed by atoms with Crippen molar-refractivity contribution in [2.45, 2.75) is 13.2 Å². The third-order valence-corrected chi connectivity index (χ3v) is 4.47. The summed E-state index contributed by atoms with van der Waals surface area (Å²) in [4.78, 5) is 27.7. The number of methoxy groups -OCH3 is 1. The number of nitrogens with zero attached hydrogens (tertiary/aromatic N) is 2. The van der Waals surface area contributed by atoms with Gasteiger partial charge in [0.2, 0.25) is 0 Å². The summed E-state index contributed by atoms with van der Waals surface area (Å²) < 4.78 is 34.7. The summed E-state index contributed by atoms with van der Waals surface area (Å²) in [6.07, 6.45) is 0. The number of nitrogens with one attached hydrogen (secondary N) is 1. The highest BCUT2D eigenvalue weighted by Crippen LogP contribution is 2.30. The summed E-state index contributed by atoms with van der Waals surface area (Å²) in [6.45, 7) is -1.72. The van der Waals surface area contributed by atoms with E-state index in [1.54, 1.807) is 42.3 Å². The normalized spacial score (nSPS) is 13.4. The number of hydrogen-bond acceptors (Lipinski definition) is 4. The van der Waals surface area contributed by atoms with Crippen molar-refractivity contribution in [3.05, 3.63) is 53.6 Å². The van der Waals surface area contributed by atoms with Crippen molar-refractivity contribution >= 4 is 17.6 Å². The van der Waals surface area contributed by atoms with Crippen molar-refractivity contribution in [3.63, 3.8) is 0 Å². The van der Waals surface area contributed by atoms with Crippen LogP contribution >= 0.6 is 0 Å². The molecule has 9 heteroatoms. The molecule has 1 heterocycles. The zero-order valence-electron chi connectivity index (χ0n) is 16.0. The summed E-state index contributed by atoms with van der Waals surface area (Å²) in [5, 5.41) is 2.72. The second-order valence-corrected chi connectivity index (χ2v) is 6.46. The summed E-state index contributed by atoms with van der Waals surface area (Å²) >= 11 is 0. The molecule has 1 saturated heterocycles. The Morgan fingerprint density at radius 3 is 2.69 bits per heavy atom. The zero-order chi connectivity index (χ0) is 21.0. The van der Waals surface area contributed by atoms with Crippen LogP contribution in [0.4, 0.5) is 19.3 Å². The zero-order valence-corrected chi connectivity index (χ0v) is 16.0. The lowest BCUT2D eigenvalue weighted by molar-refractivity contribution is -0.0512. The van der Waals surface area contributed by atoms with Crippen LogP contribution in [-0.4, -0.2) is 50.7 Å². The molecular formula is C20H21F2N3O4. The number of halogens is 2. The van der Waals surface area contributed by atoms with Gasteiger partial charge in [0, 0.05) is 37.9 Å².